The van der Waals surface area contributed by atoms with E-state index in [0.717, 1.165) is 18.7 Å². The average molecular weight is 280 g/mol. The van der Waals surface area contributed by atoms with Gasteiger partial charge in [-0.1, -0.05) is 12.1 Å². The fraction of sp³-hybridized carbons (Fsp3) is 0.176. The molecular formula is C17H16N2O2. The number of ketones is 1. The van der Waals surface area contributed by atoms with Crippen LogP contribution in [0, 0.1) is 0 Å². The zero-order chi connectivity index (χ0) is 14.8. The van der Waals surface area contributed by atoms with Crippen molar-refractivity contribution in [3.8, 4) is 0 Å². The van der Waals surface area contributed by atoms with E-state index >= 15 is 0 Å². The topological polar surface area (TPSA) is 63.4 Å². The number of benzene rings is 2. The second kappa shape index (κ2) is 5.40. The van der Waals surface area contributed by atoms with Gasteiger partial charge in [0, 0.05) is 35.5 Å². The Balaban J connectivity index is 1.84. The number of hydrogen-bond donors (Lipinski definition) is 1. The zero-order valence-corrected chi connectivity index (χ0v) is 11.6. The van der Waals surface area contributed by atoms with Crippen molar-refractivity contribution in [2.24, 2.45) is 0 Å². The van der Waals surface area contributed by atoms with Gasteiger partial charge in [-0.25, -0.2) is 0 Å². The Hall–Kier alpha value is -2.62. The highest BCUT2D eigenvalue weighted by Gasteiger charge is 2.21. The van der Waals surface area contributed by atoms with Gasteiger partial charge in [-0.2, -0.15) is 0 Å². The molecule has 4 nitrogen and oxygen atoms in total. The molecule has 2 N–H and O–H groups in total. The molecule has 0 saturated carbocycles. The molecule has 1 fully saturated rings. The minimum absolute atomic E-state index is 0.0680. The maximum Gasteiger partial charge on any atom is 0.227 e. The van der Waals surface area contributed by atoms with Gasteiger partial charge < -0.3 is 10.6 Å². The first-order valence-electron chi connectivity index (χ1n) is 6.96. The number of hydrogen-bond acceptors (Lipinski definition) is 3. The lowest BCUT2D eigenvalue weighted by atomic mass is 10.0. The lowest BCUT2D eigenvalue weighted by Gasteiger charge is -2.15. The first-order valence-corrected chi connectivity index (χ1v) is 6.96. The summed E-state index contributed by atoms with van der Waals surface area (Å²) in [6, 6.07) is 14.1. The number of nitrogens with zero attached hydrogens (tertiary/aromatic N) is 1. The predicted molar refractivity (Wildman–Crippen MR) is 82.3 cm³/mol. The van der Waals surface area contributed by atoms with Crippen LogP contribution < -0.4 is 10.6 Å². The van der Waals surface area contributed by atoms with Gasteiger partial charge in [0.2, 0.25) is 5.91 Å². The molecule has 1 amide bonds. The van der Waals surface area contributed by atoms with E-state index in [9.17, 15) is 9.59 Å². The summed E-state index contributed by atoms with van der Waals surface area (Å²) in [6.45, 7) is 0.751. The van der Waals surface area contributed by atoms with E-state index in [2.05, 4.69) is 0 Å². The van der Waals surface area contributed by atoms with Crippen LogP contribution in [0.3, 0.4) is 0 Å². The predicted octanol–water partition coefficient (Wildman–Crippen LogP) is 2.63. The third kappa shape index (κ3) is 2.65. The van der Waals surface area contributed by atoms with Crippen molar-refractivity contribution in [1.82, 2.24) is 0 Å². The largest absolute Gasteiger partial charge is 0.399 e. The molecule has 1 saturated heterocycles. The Bertz CT molecular complexity index is 692. The molecular weight excluding hydrogens is 264 g/mol. The summed E-state index contributed by atoms with van der Waals surface area (Å²) in [7, 11) is 0. The van der Waals surface area contributed by atoms with Crippen molar-refractivity contribution in [3.63, 3.8) is 0 Å². The summed E-state index contributed by atoms with van der Waals surface area (Å²) in [6.07, 6.45) is 1.49. The molecule has 1 aliphatic heterocycles. The molecule has 2 aromatic carbocycles. The number of nitrogen functional groups attached to an aromatic ring is 1. The SMILES string of the molecule is Nc1cccc(C(=O)c2ccc(N3CCCC3=O)cc2)c1. The summed E-state index contributed by atoms with van der Waals surface area (Å²) in [5, 5.41) is 0. The van der Waals surface area contributed by atoms with Crippen molar-refractivity contribution in [1.29, 1.82) is 0 Å². The van der Waals surface area contributed by atoms with Gasteiger partial charge in [0.15, 0.2) is 5.78 Å². The quantitative estimate of drug-likeness (QED) is 0.694. The van der Waals surface area contributed by atoms with Gasteiger partial charge in [0.05, 0.1) is 0 Å². The van der Waals surface area contributed by atoms with Crippen LogP contribution in [-0.4, -0.2) is 18.2 Å². The number of rotatable bonds is 3. The van der Waals surface area contributed by atoms with Crippen LogP contribution in [0.5, 0.6) is 0 Å². The van der Waals surface area contributed by atoms with E-state index in [-0.39, 0.29) is 11.7 Å². The summed E-state index contributed by atoms with van der Waals surface area (Å²) in [4.78, 5) is 25.8. The maximum absolute atomic E-state index is 12.4. The smallest absolute Gasteiger partial charge is 0.227 e. The van der Waals surface area contributed by atoms with Gasteiger partial charge in [-0.15, -0.1) is 0 Å². The molecule has 0 unspecified atom stereocenters. The van der Waals surface area contributed by atoms with E-state index in [1.165, 1.54) is 0 Å². The normalized spacial score (nSPS) is 14.5. The van der Waals surface area contributed by atoms with Crippen LogP contribution in [0.1, 0.15) is 28.8 Å². The lowest BCUT2D eigenvalue weighted by molar-refractivity contribution is -0.117. The molecule has 0 atom stereocenters. The number of carbonyl (C=O) groups excluding carboxylic acids is 2. The van der Waals surface area contributed by atoms with E-state index in [0.29, 0.717) is 23.2 Å². The molecule has 0 radical (unpaired) electrons. The van der Waals surface area contributed by atoms with Crippen LogP contribution in [0.25, 0.3) is 0 Å². The molecule has 1 heterocycles. The second-order valence-electron chi connectivity index (χ2n) is 5.15. The summed E-state index contributed by atoms with van der Waals surface area (Å²) in [5.41, 5.74) is 8.28. The fourth-order valence-corrected chi connectivity index (χ4v) is 2.56. The Morgan fingerprint density at radius 1 is 1.05 bits per heavy atom. The van der Waals surface area contributed by atoms with Gasteiger partial charge in [-0.3, -0.25) is 9.59 Å². The molecule has 0 aromatic heterocycles. The molecule has 0 spiro atoms. The molecule has 3 rings (SSSR count). The Morgan fingerprint density at radius 2 is 1.81 bits per heavy atom. The number of nitrogens with two attached hydrogens (primary N) is 1. The first kappa shape index (κ1) is 13.4. The van der Waals surface area contributed by atoms with Gasteiger partial charge in [0.1, 0.15) is 0 Å². The highest BCUT2D eigenvalue weighted by molar-refractivity contribution is 6.09. The molecule has 0 bridgehead atoms. The molecule has 21 heavy (non-hydrogen) atoms. The average Bonchev–Trinajstić information content (AvgIpc) is 2.93. The monoisotopic (exact) mass is 280 g/mol. The van der Waals surface area contributed by atoms with Crippen molar-refractivity contribution in [3.05, 3.63) is 59.7 Å². The third-order valence-corrected chi connectivity index (χ3v) is 3.66. The van der Waals surface area contributed by atoms with Crippen LogP contribution in [0.4, 0.5) is 11.4 Å². The van der Waals surface area contributed by atoms with Crippen LogP contribution in [-0.2, 0) is 4.79 Å². The molecule has 4 heteroatoms. The van der Waals surface area contributed by atoms with Gasteiger partial charge >= 0.3 is 0 Å². The van der Waals surface area contributed by atoms with Crippen molar-refractivity contribution >= 4 is 23.1 Å². The Labute approximate surface area is 123 Å². The standard InChI is InChI=1S/C17H16N2O2/c18-14-4-1-3-13(11-14)17(21)12-6-8-15(9-7-12)19-10-2-5-16(19)20/h1,3-4,6-9,11H,2,5,10,18H2. The van der Waals surface area contributed by atoms with Crippen molar-refractivity contribution in [2.75, 3.05) is 17.2 Å². The van der Waals surface area contributed by atoms with Crippen LogP contribution >= 0.6 is 0 Å². The summed E-state index contributed by atoms with van der Waals surface area (Å²) in [5.74, 6) is 0.0755. The fourth-order valence-electron chi connectivity index (χ4n) is 2.56. The molecule has 2 aromatic rings. The second-order valence-corrected chi connectivity index (χ2v) is 5.15. The van der Waals surface area contributed by atoms with Crippen LogP contribution in [0.2, 0.25) is 0 Å². The minimum Gasteiger partial charge on any atom is -0.399 e. The minimum atomic E-state index is -0.0680. The molecule has 106 valence electrons. The van der Waals surface area contributed by atoms with Crippen molar-refractivity contribution in [2.45, 2.75) is 12.8 Å². The van der Waals surface area contributed by atoms with E-state index < -0.39 is 0 Å². The number of carbonyl (C=O) groups is 2. The zero-order valence-electron chi connectivity index (χ0n) is 11.6. The van der Waals surface area contributed by atoms with E-state index in [4.69, 9.17) is 5.73 Å². The lowest BCUT2D eigenvalue weighted by Crippen LogP contribution is -2.23. The molecule has 0 aliphatic carbocycles. The van der Waals surface area contributed by atoms with E-state index in [1.54, 1.807) is 41.3 Å². The Kier molecular flexibility index (Phi) is 3.44. The molecule has 1 aliphatic rings. The van der Waals surface area contributed by atoms with Gasteiger partial charge in [-0.05, 0) is 42.8 Å². The summed E-state index contributed by atoms with van der Waals surface area (Å²) < 4.78 is 0. The highest BCUT2D eigenvalue weighted by atomic mass is 16.2. The number of amides is 1. The third-order valence-electron chi connectivity index (χ3n) is 3.66. The van der Waals surface area contributed by atoms with Crippen LogP contribution in [0.15, 0.2) is 48.5 Å². The first-order chi connectivity index (χ1) is 10.1. The summed E-state index contributed by atoms with van der Waals surface area (Å²) >= 11 is 0. The van der Waals surface area contributed by atoms with Crippen molar-refractivity contribution < 1.29 is 9.59 Å². The maximum atomic E-state index is 12.4. The Morgan fingerprint density at radius 3 is 2.43 bits per heavy atom. The van der Waals surface area contributed by atoms with Gasteiger partial charge in [0.25, 0.3) is 0 Å². The van der Waals surface area contributed by atoms with E-state index in [1.807, 2.05) is 12.1 Å². The number of anilines is 2. The highest BCUT2D eigenvalue weighted by Crippen LogP contribution is 2.22.